The first-order valence-corrected chi connectivity index (χ1v) is 10.8. The zero-order valence-corrected chi connectivity index (χ0v) is 16.8. The zero-order chi connectivity index (χ0) is 19.7. The Morgan fingerprint density at radius 1 is 1.19 bits per heavy atom. The molecule has 0 aromatic carbocycles. The number of fused-ring (bicyclic) bond motifs is 5. The van der Waals surface area contributed by atoms with Crippen molar-refractivity contribution in [2.75, 3.05) is 0 Å². The molecule has 4 aliphatic carbocycles. The van der Waals surface area contributed by atoms with Gasteiger partial charge in [0.15, 0.2) is 12.0 Å². The molecule has 152 valence electrons. The third-order valence-corrected chi connectivity index (χ3v) is 9.54. The van der Waals surface area contributed by atoms with Crippen molar-refractivity contribution in [3.05, 3.63) is 12.7 Å². The molecule has 4 aliphatic rings. The van der Waals surface area contributed by atoms with Crippen molar-refractivity contribution < 1.29 is 18.7 Å². The second-order valence-corrected chi connectivity index (χ2v) is 10.5. The molecule has 11 atom stereocenters. The summed E-state index contributed by atoms with van der Waals surface area (Å²) in [6, 6.07) is 0. The molecule has 0 bridgehead atoms. The average Bonchev–Trinajstić information content (AvgIpc) is 2.98. The van der Waals surface area contributed by atoms with Gasteiger partial charge >= 0.3 is 0 Å². The smallest absolute Gasteiger partial charge is 0.170 e. The van der Waals surface area contributed by atoms with Crippen LogP contribution in [0.2, 0.25) is 0 Å². The minimum atomic E-state index is -1.46. The first kappa shape index (κ1) is 19.5. The van der Waals surface area contributed by atoms with Gasteiger partial charge in [-0.2, -0.15) is 0 Å². The number of hydrogen-bond acceptors (Lipinski definition) is 2. The van der Waals surface area contributed by atoms with Crippen LogP contribution in [0.5, 0.6) is 0 Å². The van der Waals surface area contributed by atoms with Crippen molar-refractivity contribution in [3.63, 3.8) is 0 Å². The van der Waals surface area contributed by atoms with Crippen LogP contribution in [0.3, 0.4) is 0 Å². The van der Waals surface area contributed by atoms with Crippen LogP contribution < -0.4 is 0 Å². The minimum Gasteiger partial charge on any atom is -0.390 e. The molecule has 0 heterocycles. The van der Waals surface area contributed by atoms with Gasteiger partial charge in [0.05, 0.1) is 6.10 Å². The number of aliphatic hydroxyl groups is 1. The van der Waals surface area contributed by atoms with E-state index in [9.17, 15) is 14.3 Å². The van der Waals surface area contributed by atoms with Gasteiger partial charge < -0.3 is 5.11 Å². The highest BCUT2D eigenvalue weighted by Gasteiger charge is 2.66. The van der Waals surface area contributed by atoms with E-state index in [4.69, 9.17) is 0 Å². The number of ketones is 1. The Bertz CT molecular complexity index is 636. The molecule has 0 spiro atoms. The van der Waals surface area contributed by atoms with Gasteiger partial charge in [-0.25, -0.2) is 8.78 Å². The molecule has 0 aromatic heterocycles. The molecule has 0 unspecified atom stereocenters. The zero-order valence-electron chi connectivity index (χ0n) is 16.8. The minimum absolute atomic E-state index is 0.0336. The molecule has 1 N–H and O–H groups in total. The van der Waals surface area contributed by atoms with E-state index >= 15 is 4.39 Å². The maximum absolute atomic E-state index is 15.6. The lowest BCUT2D eigenvalue weighted by atomic mass is 9.43. The highest BCUT2D eigenvalue weighted by atomic mass is 19.1. The molecule has 4 rings (SSSR count). The normalized spacial score (nSPS) is 56.0. The number of aliphatic hydroxyl groups excluding tert-OH is 1. The molecule has 4 fully saturated rings. The molecule has 0 aromatic rings. The van der Waals surface area contributed by atoms with Crippen molar-refractivity contribution in [3.8, 4) is 0 Å². The Morgan fingerprint density at radius 3 is 2.52 bits per heavy atom. The summed E-state index contributed by atoms with van der Waals surface area (Å²) in [7, 11) is 0. The number of alkyl halides is 2. The number of rotatable bonds is 2. The monoisotopic (exact) mass is 380 g/mol. The third kappa shape index (κ3) is 2.54. The standard InChI is InChI=1S/C23H34F2O2/c1-5-12(2)13-6-7-14-19-15(8-9-22(13,14)3)23(4)11-17(24)18(26)10-16(23)21(27)20(19)25/h5,12-20,26H,1,6-11H2,2-4H3/t12-,13-,14+,15+,16-,17+,18+,19+,20+,22-,23-/m1/s1. The molecule has 0 amide bonds. The summed E-state index contributed by atoms with van der Waals surface area (Å²) in [5.41, 5.74) is -0.488. The summed E-state index contributed by atoms with van der Waals surface area (Å²) in [5.74, 6) is -0.101. The Balaban J connectivity index is 1.71. The van der Waals surface area contributed by atoms with Crippen molar-refractivity contribution >= 4 is 5.78 Å². The van der Waals surface area contributed by atoms with Crippen LogP contribution in [0, 0.1) is 46.3 Å². The number of hydrogen-bond donors (Lipinski definition) is 1. The van der Waals surface area contributed by atoms with Crippen LogP contribution in [0.15, 0.2) is 12.7 Å². The van der Waals surface area contributed by atoms with Gasteiger partial charge in [0.25, 0.3) is 0 Å². The molecule has 0 saturated heterocycles. The molecule has 0 aliphatic heterocycles. The summed E-state index contributed by atoms with van der Waals surface area (Å²) >= 11 is 0. The summed E-state index contributed by atoms with van der Waals surface area (Å²) in [6.45, 7) is 10.5. The van der Waals surface area contributed by atoms with Crippen LogP contribution in [-0.4, -0.2) is 29.3 Å². The van der Waals surface area contributed by atoms with Crippen molar-refractivity contribution in [2.45, 2.75) is 77.7 Å². The number of carbonyl (C=O) groups excluding carboxylic acids is 1. The Labute approximate surface area is 161 Å². The highest BCUT2D eigenvalue weighted by Crippen LogP contribution is 2.68. The van der Waals surface area contributed by atoms with Crippen LogP contribution in [-0.2, 0) is 4.79 Å². The van der Waals surface area contributed by atoms with Gasteiger partial charge in [-0.05, 0) is 73.0 Å². The van der Waals surface area contributed by atoms with Crippen LogP contribution in [0.25, 0.3) is 0 Å². The lowest BCUT2D eigenvalue weighted by molar-refractivity contribution is -0.182. The maximum atomic E-state index is 15.6. The number of halogens is 2. The molecule has 0 radical (unpaired) electrons. The maximum Gasteiger partial charge on any atom is 0.170 e. The average molecular weight is 381 g/mol. The Hall–Kier alpha value is -0.770. The van der Waals surface area contributed by atoms with Crippen molar-refractivity contribution in [1.29, 1.82) is 0 Å². The van der Waals surface area contributed by atoms with Gasteiger partial charge in [0.1, 0.15) is 6.17 Å². The fourth-order valence-electron chi connectivity index (χ4n) is 8.03. The second kappa shape index (κ2) is 6.37. The van der Waals surface area contributed by atoms with E-state index in [0.717, 1.165) is 25.7 Å². The Kier molecular flexibility index (Phi) is 4.61. The molecule has 4 heteroatoms. The van der Waals surface area contributed by atoms with Crippen LogP contribution >= 0.6 is 0 Å². The van der Waals surface area contributed by atoms with E-state index < -0.39 is 29.8 Å². The molecule has 4 saturated carbocycles. The van der Waals surface area contributed by atoms with Gasteiger partial charge in [-0.15, -0.1) is 6.58 Å². The first-order chi connectivity index (χ1) is 12.6. The summed E-state index contributed by atoms with van der Waals surface area (Å²) < 4.78 is 30.0. The van der Waals surface area contributed by atoms with E-state index in [2.05, 4.69) is 20.4 Å². The van der Waals surface area contributed by atoms with E-state index in [1.165, 1.54) is 0 Å². The van der Waals surface area contributed by atoms with Gasteiger partial charge in [0, 0.05) is 11.8 Å². The summed E-state index contributed by atoms with van der Waals surface area (Å²) in [6.07, 6.45) is 2.28. The SMILES string of the molecule is C=C[C@@H](C)[C@H]1CC[C@H]2[C@@H]3[C@H](F)C(=O)[C@H]4C[C@H](O)[C@@H](F)C[C@]4(C)[C@H]3CC[C@]12C. The topological polar surface area (TPSA) is 37.3 Å². The fourth-order valence-corrected chi connectivity index (χ4v) is 8.03. The van der Waals surface area contributed by atoms with Gasteiger partial charge in [-0.3, -0.25) is 4.79 Å². The molecular formula is C23H34F2O2. The van der Waals surface area contributed by atoms with Crippen molar-refractivity contribution in [1.82, 2.24) is 0 Å². The lowest BCUT2D eigenvalue weighted by Crippen LogP contribution is -2.63. The van der Waals surface area contributed by atoms with Gasteiger partial charge in [0.2, 0.25) is 0 Å². The predicted octanol–water partition coefficient (Wildman–Crippen LogP) is 4.90. The largest absolute Gasteiger partial charge is 0.390 e. The molecule has 27 heavy (non-hydrogen) atoms. The highest BCUT2D eigenvalue weighted by molar-refractivity contribution is 5.87. The summed E-state index contributed by atoms with van der Waals surface area (Å²) in [5, 5.41) is 9.99. The predicted molar refractivity (Wildman–Crippen MR) is 102 cm³/mol. The van der Waals surface area contributed by atoms with Crippen LogP contribution in [0.4, 0.5) is 8.78 Å². The third-order valence-electron chi connectivity index (χ3n) is 9.54. The van der Waals surface area contributed by atoms with E-state index in [1.54, 1.807) is 0 Å². The summed E-state index contributed by atoms with van der Waals surface area (Å²) in [4.78, 5) is 13.0. The first-order valence-electron chi connectivity index (χ1n) is 10.8. The van der Waals surface area contributed by atoms with Crippen molar-refractivity contribution in [2.24, 2.45) is 46.3 Å². The Morgan fingerprint density at radius 2 is 1.85 bits per heavy atom. The second-order valence-electron chi connectivity index (χ2n) is 10.5. The van der Waals surface area contributed by atoms with E-state index in [-0.39, 0.29) is 41.8 Å². The number of carbonyl (C=O) groups is 1. The fraction of sp³-hybridized carbons (Fsp3) is 0.870. The molecule has 2 nitrogen and oxygen atoms in total. The van der Waals surface area contributed by atoms with Crippen LogP contribution in [0.1, 0.15) is 59.3 Å². The van der Waals surface area contributed by atoms with Gasteiger partial charge in [-0.1, -0.05) is 26.8 Å². The number of Topliss-reactive ketones (excluding diaryl/α,β-unsaturated/α-hetero) is 1. The van der Waals surface area contributed by atoms with E-state index in [0.29, 0.717) is 11.8 Å². The van der Waals surface area contributed by atoms with E-state index in [1.807, 2.05) is 13.0 Å². The number of allylic oxidation sites excluding steroid dienone is 1. The quantitative estimate of drug-likeness (QED) is 0.692. The molecular weight excluding hydrogens is 346 g/mol. The lowest BCUT2D eigenvalue weighted by Gasteiger charge is -2.61.